The maximum atomic E-state index is 12.1. The van der Waals surface area contributed by atoms with E-state index in [1.807, 2.05) is 31.2 Å². The van der Waals surface area contributed by atoms with Crippen molar-refractivity contribution in [3.63, 3.8) is 0 Å². The standard InChI is InChI=1S/C15H23N3O2/c1-10-5-4-7-12(16)15(20)17-9-11-6-2-3-8-13(11)18-14(10)19/h2-3,6,8,10,12,15,17,20H,4-5,7,9,16H2,1H3,(H,18,19)/t10-,12+,15?/m1/s1. The SMILES string of the molecule is C[C@@H]1CCC[C@H](N)C(O)NCc2ccccc2NC1=O. The van der Waals surface area contributed by atoms with Crippen LogP contribution in [0.4, 0.5) is 5.69 Å². The normalized spacial score (nSPS) is 28.8. The molecule has 0 fully saturated rings. The maximum Gasteiger partial charge on any atom is 0.227 e. The summed E-state index contributed by atoms with van der Waals surface area (Å²) in [5, 5.41) is 16.0. The molecular weight excluding hydrogens is 254 g/mol. The predicted octanol–water partition coefficient (Wildman–Crippen LogP) is 1.18. The number of amides is 1. The van der Waals surface area contributed by atoms with Gasteiger partial charge in [-0.1, -0.05) is 31.5 Å². The number of aliphatic hydroxyl groups excluding tert-OH is 1. The third-order valence-corrected chi connectivity index (χ3v) is 3.80. The van der Waals surface area contributed by atoms with E-state index in [1.165, 1.54) is 0 Å². The van der Waals surface area contributed by atoms with Crippen LogP contribution in [0.15, 0.2) is 24.3 Å². The van der Waals surface area contributed by atoms with Crippen molar-refractivity contribution in [1.29, 1.82) is 0 Å². The average Bonchev–Trinajstić information content (AvgIpc) is 2.44. The third kappa shape index (κ3) is 3.79. The summed E-state index contributed by atoms with van der Waals surface area (Å²) in [7, 11) is 0. The molecule has 0 aromatic heterocycles. The van der Waals surface area contributed by atoms with Gasteiger partial charge in [0, 0.05) is 24.2 Å². The van der Waals surface area contributed by atoms with Gasteiger partial charge < -0.3 is 16.2 Å². The topological polar surface area (TPSA) is 87.4 Å². The molecule has 1 unspecified atom stereocenters. The lowest BCUT2D eigenvalue weighted by Crippen LogP contribution is -2.45. The molecule has 1 aromatic carbocycles. The first kappa shape index (κ1) is 15.0. The van der Waals surface area contributed by atoms with Crippen molar-refractivity contribution >= 4 is 11.6 Å². The number of carbonyl (C=O) groups is 1. The van der Waals surface area contributed by atoms with Gasteiger partial charge >= 0.3 is 0 Å². The number of hydrogen-bond acceptors (Lipinski definition) is 4. The van der Waals surface area contributed by atoms with Crippen LogP contribution in [0.2, 0.25) is 0 Å². The molecule has 0 saturated carbocycles. The van der Waals surface area contributed by atoms with Crippen LogP contribution in [0.25, 0.3) is 0 Å². The molecular formula is C15H23N3O2. The van der Waals surface area contributed by atoms with Gasteiger partial charge in [-0.3, -0.25) is 10.1 Å². The molecule has 3 atom stereocenters. The molecule has 0 radical (unpaired) electrons. The fourth-order valence-corrected chi connectivity index (χ4v) is 2.37. The van der Waals surface area contributed by atoms with Gasteiger partial charge in [0.05, 0.1) is 0 Å². The highest BCUT2D eigenvalue weighted by atomic mass is 16.3. The number of aliphatic hydroxyl groups is 1. The lowest BCUT2D eigenvalue weighted by atomic mass is 9.99. The molecule has 0 bridgehead atoms. The number of hydrogen-bond donors (Lipinski definition) is 4. The summed E-state index contributed by atoms with van der Waals surface area (Å²) in [5.74, 6) is -0.0214. The zero-order valence-corrected chi connectivity index (χ0v) is 11.8. The number of para-hydroxylation sites is 1. The van der Waals surface area contributed by atoms with E-state index in [1.54, 1.807) is 0 Å². The molecule has 5 nitrogen and oxygen atoms in total. The van der Waals surface area contributed by atoms with Crippen LogP contribution in [0.5, 0.6) is 0 Å². The summed E-state index contributed by atoms with van der Waals surface area (Å²) in [6.07, 6.45) is 1.58. The number of anilines is 1. The molecule has 5 heteroatoms. The van der Waals surface area contributed by atoms with Crippen molar-refractivity contribution in [3.8, 4) is 0 Å². The van der Waals surface area contributed by atoms with Gasteiger partial charge in [-0.05, 0) is 24.5 Å². The molecule has 1 aromatic rings. The largest absolute Gasteiger partial charge is 0.377 e. The second-order valence-electron chi connectivity index (χ2n) is 5.47. The van der Waals surface area contributed by atoms with Crippen molar-refractivity contribution in [2.24, 2.45) is 11.7 Å². The zero-order valence-electron chi connectivity index (χ0n) is 11.8. The van der Waals surface area contributed by atoms with E-state index in [0.29, 0.717) is 13.0 Å². The Bertz CT molecular complexity index is 464. The number of fused-ring (bicyclic) bond motifs is 1. The predicted molar refractivity (Wildman–Crippen MR) is 78.9 cm³/mol. The average molecular weight is 277 g/mol. The highest BCUT2D eigenvalue weighted by molar-refractivity contribution is 5.93. The first-order chi connectivity index (χ1) is 9.58. The third-order valence-electron chi connectivity index (χ3n) is 3.80. The van der Waals surface area contributed by atoms with Crippen LogP contribution in [0, 0.1) is 5.92 Å². The van der Waals surface area contributed by atoms with Crippen molar-refractivity contribution in [2.45, 2.75) is 45.0 Å². The Kier molecular flexibility index (Phi) is 5.11. The Morgan fingerprint density at radius 2 is 2.05 bits per heavy atom. The van der Waals surface area contributed by atoms with Crippen molar-refractivity contribution in [3.05, 3.63) is 29.8 Å². The number of nitrogens with two attached hydrogens (primary N) is 1. The molecule has 1 aliphatic rings. The minimum atomic E-state index is -0.728. The number of benzene rings is 1. The first-order valence-corrected chi connectivity index (χ1v) is 7.13. The highest BCUT2D eigenvalue weighted by Gasteiger charge is 2.19. The Morgan fingerprint density at radius 3 is 2.85 bits per heavy atom. The van der Waals surface area contributed by atoms with E-state index in [0.717, 1.165) is 24.1 Å². The quantitative estimate of drug-likeness (QED) is 0.573. The van der Waals surface area contributed by atoms with E-state index in [2.05, 4.69) is 10.6 Å². The van der Waals surface area contributed by atoms with Crippen molar-refractivity contribution in [2.75, 3.05) is 5.32 Å². The fraction of sp³-hybridized carbons (Fsp3) is 0.533. The van der Waals surface area contributed by atoms with E-state index in [9.17, 15) is 9.90 Å². The van der Waals surface area contributed by atoms with Crippen LogP contribution >= 0.6 is 0 Å². The summed E-state index contributed by atoms with van der Waals surface area (Å²) in [6, 6.07) is 7.29. The van der Waals surface area contributed by atoms with Crippen LogP contribution < -0.4 is 16.4 Å². The van der Waals surface area contributed by atoms with Gasteiger partial charge in [0.15, 0.2) is 0 Å². The summed E-state index contributed by atoms with van der Waals surface area (Å²) >= 11 is 0. The van der Waals surface area contributed by atoms with Crippen LogP contribution in [0.1, 0.15) is 31.7 Å². The lowest BCUT2D eigenvalue weighted by Gasteiger charge is -2.23. The van der Waals surface area contributed by atoms with Gasteiger partial charge in [-0.2, -0.15) is 0 Å². The van der Waals surface area contributed by atoms with Gasteiger partial charge in [0.2, 0.25) is 5.91 Å². The summed E-state index contributed by atoms with van der Waals surface area (Å²) < 4.78 is 0. The van der Waals surface area contributed by atoms with E-state index >= 15 is 0 Å². The monoisotopic (exact) mass is 277 g/mol. The molecule has 5 N–H and O–H groups in total. The minimum Gasteiger partial charge on any atom is -0.377 e. The van der Waals surface area contributed by atoms with Gasteiger partial charge in [-0.15, -0.1) is 0 Å². The lowest BCUT2D eigenvalue weighted by molar-refractivity contribution is -0.119. The second-order valence-corrected chi connectivity index (χ2v) is 5.47. The number of rotatable bonds is 0. The molecule has 20 heavy (non-hydrogen) atoms. The Labute approximate surface area is 119 Å². The maximum absolute atomic E-state index is 12.1. The molecule has 1 aliphatic heterocycles. The van der Waals surface area contributed by atoms with Crippen molar-refractivity contribution in [1.82, 2.24) is 5.32 Å². The van der Waals surface area contributed by atoms with E-state index in [4.69, 9.17) is 5.73 Å². The summed E-state index contributed by atoms with van der Waals surface area (Å²) in [6.45, 7) is 2.39. The summed E-state index contributed by atoms with van der Waals surface area (Å²) in [4.78, 5) is 12.1. The fourth-order valence-electron chi connectivity index (χ4n) is 2.37. The number of nitrogens with one attached hydrogen (secondary N) is 2. The van der Waals surface area contributed by atoms with Gasteiger partial charge in [-0.25, -0.2) is 0 Å². The van der Waals surface area contributed by atoms with E-state index in [-0.39, 0.29) is 17.9 Å². The van der Waals surface area contributed by atoms with Crippen molar-refractivity contribution < 1.29 is 9.90 Å². The summed E-state index contributed by atoms with van der Waals surface area (Å²) in [5.41, 5.74) is 7.68. The zero-order chi connectivity index (χ0) is 14.5. The Hall–Kier alpha value is -1.43. The van der Waals surface area contributed by atoms with Crippen LogP contribution in [-0.2, 0) is 11.3 Å². The Balaban J connectivity index is 2.20. The number of carbonyl (C=O) groups excluding carboxylic acids is 1. The molecule has 1 amide bonds. The van der Waals surface area contributed by atoms with Crippen LogP contribution in [0.3, 0.4) is 0 Å². The van der Waals surface area contributed by atoms with Crippen LogP contribution in [-0.4, -0.2) is 23.3 Å². The minimum absolute atomic E-state index is 0.0344. The highest BCUT2D eigenvalue weighted by Crippen LogP contribution is 2.19. The molecule has 0 saturated heterocycles. The second kappa shape index (κ2) is 6.83. The smallest absolute Gasteiger partial charge is 0.227 e. The van der Waals surface area contributed by atoms with Gasteiger partial charge in [0.25, 0.3) is 0 Å². The van der Waals surface area contributed by atoms with Gasteiger partial charge in [0.1, 0.15) is 6.23 Å². The van der Waals surface area contributed by atoms with E-state index < -0.39 is 6.23 Å². The molecule has 1 heterocycles. The Morgan fingerprint density at radius 1 is 1.30 bits per heavy atom. The molecule has 0 spiro atoms. The molecule has 0 aliphatic carbocycles. The first-order valence-electron chi connectivity index (χ1n) is 7.13. The molecule has 110 valence electrons. The molecule has 2 rings (SSSR count).